The van der Waals surface area contributed by atoms with Gasteiger partial charge in [-0.1, -0.05) is 48.5 Å². The van der Waals surface area contributed by atoms with Crippen molar-refractivity contribution in [1.82, 2.24) is 4.98 Å². The fourth-order valence-corrected chi connectivity index (χ4v) is 2.33. The number of nitrogens with two attached hydrogens (primary N) is 1. The molecule has 0 aliphatic rings. The normalized spacial score (nSPS) is 10.9. The van der Waals surface area contributed by atoms with Gasteiger partial charge >= 0.3 is 0 Å². The summed E-state index contributed by atoms with van der Waals surface area (Å²) in [5, 5.41) is 0. The number of aromatic nitrogens is 1. The summed E-state index contributed by atoms with van der Waals surface area (Å²) in [7, 11) is 0. The van der Waals surface area contributed by atoms with Gasteiger partial charge < -0.3 is 10.5 Å². The number of pyridine rings is 1. The summed E-state index contributed by atoms with van der Waals surface area (Å²) in [5.74, 6) is 0.967. The van der Waals surface area contributed by atoms with E-state index in [1.54, 1.807) is 36.5 Å². The Morgan fingerprint density at radius 3 is 2.50 bits per heavy atom. The second kappa shape index (κ2) is 9.53. The van der Waals surface area contributed by atoms with Crippen LogP contribution >= 0.6 is 12.4 Å². The van der Waals surface area contributed by atoms with Crippen LogP contribution in [0.1, 0.15) is 11.1 Å². The smallest absolute Gasteiger partial charge is 0.196 e. The molecule has 6 heteroatoms. The molecule has 0 unspecified atom stereocenters. The van der Waals surface area contributed by atoms with Gasteiger partial charge in [-0.15, -0.1) is 12.4 Å². The minimum Gasteiger partial charge on any atom is -0.485 e. The van der Waals surface area contributed by atoms with Crippen LogP contribution in [0, 0.1) is 5.82 Å². The van der Waals surface area contributed by atoms with E-state index in [9.17, 15) is 4.39 Å². The summed E-state index contributed by atoms with van der Waals surface area (Å²) in [6.07, 6.45) is 2.13. The van der Waals surface area contributed by atoms with Gasteiger partial charge in [0, 0.05) is 18.2 Å². The molecule has 0 bridgehead atoms. The maximum atomic E-state index is 13.7. The van der Waals surface area contributed by atoms with E-state index in [2.05, 4.69) is 9.98 Å². The summed E-state index contributed by atoms with van der Waals surface area (Å²) in [6.45, 7) is 0.0967. The van der Waals surface area contributed by atoms with E-state index in [1.165, 1.54) is 6.07 Å². The monoisotopic (exact) mass is 371 g/mol. The van der Waals surface area contributed by atoms with Crippen molar-refractivity contribution in [2.75, 3.05) is 0 Å². The predicted molar refractivity (Wildman–Crippen MR) is 104 cm³/mol. The van der Waals surface area contributed by atoms with Crippen molar-refractivity contribution in [2.45, 2.75) is 13.0 Å². The zero-order valence-electron chi connectivity index (χ0n) is 14.0. The number of hydrogen-bond donors (Lipinski definition) is 1. The SMILES string of the molecule is Cl.NC(Cc1ccccc1)=Nc1ncccc1OCc1ccccc1F. The zero-order valence-corrected chi connectivity index (χ0v) is 14.8. The molecule has 0 saturated heterocycles. The van der Waals surface area contributed by atoms with E-state index < -0.39 is 0 Å². The first-order valence-corrected chi connectivity index (χ1v) is 7.90. The van der Waals surface area contributed by atoms with Gasteiger partial charge in [-0.25, -0.2) is 14.4 Å². The second-order valence-electron chi connectivity index (χ2n) is 5.47. The van der Waals surface area contributed by atoms with Gasteiger partial charge in [0.1, 0.15) is 18.3 Å². The quantitative estimate of drug-likeness (QED) is 0.514. The van der Waals surface area contributed by atoms with E-state index >= 15 is 0 Å². The number of benzene rings is 2. The molecule has 134 valence electrons. The molecule has 0 aliphatic carbocycles. The summed E-state index contributed by atoms with van der Waals surface area (Å²) >= 11 is 0. The standard InChI is InChI=1S/C20H18FN3O.ClH/c21-17-10-5-4-9-16(17)14-25-18-11-6-12-23-20(18)24-19(22)13-15-7-2-1-3-8-15;/h1-12H,13-14H2,(H2,22,23,24);1H. The molecule has 2 N–H and O–H groups in total. The van der Waals surface area contributed by atoms with Gasteiger partial charge in [-0.2, -0.15) is 0 Å². The molecule has 1 aromatic heterocycles. The lowest BCUT2D eigenvalue weighted by atomic mass is 10.1. The first kappa shape index (κ1) is 19.4. The summed E-state index contributed by atoms with van der Waals surface area (Å²) in [6, 6.07) is 19.8. The maximum Gasteiger partial charge on any atom is 0.196 e. The lowest BCUT2D eigenvalue weighted by molar-refractivity contribution is 0.300. The summed E-state index contributed by atoms with van der Waals surface area (Å²) in [4.78, 5) is 8.56. The van der Waals surface area contributed by atoms with Crippen molar-refractivity contribution < 1.29 is 9.13 Å². The number of rotatable bonds is 6. The predicted octanol–water partition coefficient (Wildman–Crippen LogP) is 4.45. The first-order valence-electron chi connectivity index (χ1n) is 7.90. The molecule has 0 amide bonds. The highest BCUT2D eigenvalue weighted by Gasteiger charge is 2.07. The third-order valence-corrected chi connectivity index (χ3v) is 3.57. The molecule has 0 atom stereocenters. The number of hydrogen-bond acceptors (Lipinski definition) is 3. The molecular formula is C20H19ClFN3O. The molecule has 1 heterocycles. The van der Waals surface area contributed by atoms with Crippen LogP contribution in [0.5, 0.6) is 5.75 Å². The summed E-state index contributed by atoms with van der Waals surface area (Å²) in [5.41, 5.74) is 7.57. The van der Waals surface area contributed by atoms with Crippen LogP contribution in [-0.4, -0.2) is 10.8 Å². The molecule has 0 radical (unpaired) electrons. The molecule has 3 rings (SSSR count). The Morgan fingerprint density at radius 1 is 1.00 bits per heavy atom. The lowest BCUT2D eigenvalue weighted by Crippen LogP contribution is -2.14. The van der Waals surface area contributed by atoms with Crippen LogP contribution in [0.25, 0.3) is 0 Å². The lowest BCUT2D eigenvalue weighted by Gasteiger charge is -2.09. The molecule has 0 fully saturated rings. The minimum atomic E-state index is -0.306. The second-order valence-corrected chi connectivity index (χ2v) is 5.47. The Morgan fingerprint density at radius 2 is 1.73 bits per heavy atom. The fourth-order valence-electron chi connectivity index (χ4n) is 2.33. The Balaban J connectivity index is 0.00000243. The van der Waals surface area contributed by atoms with Crippen molar-refractivity contribution in [1.29, 1.82) is 0 Å². The third kappa shape index (κ3) is 5.29. The van der Waals surface area contributed by atoms with Crippen LogP contribution in [-0.2, 0) is 13.0 Å². The first-order chi connectivity index (χ1) is 12.2. The highest BCUT2D eigenvalue weighted by Crippen LogP contribution is 2.25. The molecule has 0 spiro atoms. The molecule has 26 heavy (non-hydrogen) atoms. The number of aliphatic imine (C=N–C) groups is 1. The molecule has 0 aliphatic heterocycles. The van der Waals surface area contributed by atoms with Crippen molar-refractivity contribution in [3.05, 3.63) is 89.9 Å². The van der Waals surface area contributed by atoms with E-state index in [1.807, 2.05) is 30.3 Å². The fraction of sp³-hybridized carbons (Fsp3) is 0.100. The van der Waals surface area contributed by atoms with Crippen molar-refractivity contribution in [2.24, 2.45) is 10.7 Å². The van der Waals surface area contributed by atoms with Gasteiger partial charge in [0.15, 0.2) is 11.6 Å². The Hall–Kier alpha value is -2.92. The Bertz CT molecular complexity index is 872. The van der Waals surface area contributed by atoms with Crippen LogP contribution in [0.4, 0.5) is 10.2 Å². The van der Waals surface area contributed by atoms with Crippen LogP contribution < -0.4 is 10.5 Å². The number of nitrogens with zero attached hydrogens (tertiary/aromatic N) is 2. The van der Waals surface area contributed by atoms with Crippen molar-refractivity contribution in [3.8, 4) is 5.75 Å². The maximum absolute atomic E-state index is 13.7. The van der Waals surface area contributed by atoms with Gasteiger partial charge in [-0.3, -0.25) is 0 Å². The molecule has 4 nitrogen and oxygen atoms in total. The largest absolute Gasteiger partial charge is 0.485 e. The number of ether oxygens (including phenoxy) is 1. The van der Waals surface area contributed by atoms with E-state index in [-0.39, 0.29) is 24.8 Å². The van der Waals surface area contributed by atoms with E-state index in [0.717, 1.165) is 5.56 Å². The van der Waals surface area contributed by atoms with Crippen LogP contribution in [0.3, 0.4) is 0 Å². The van der Waals surface area contributed by atoms with Gasteiger partial charge in [-0.05, 0) is 23.8 Å². The van der Waals surface area contributed by atoms with E-state index in [0.29, 0.717) is 29.4 Å². The van der Waals surface area contributed by atoms with Crippen LogP contribution in [0.15, 0.2) is 77.9 Å². The number of amidine groups is 1. The van der Waals surface area contributed by atoms with Crippen molar-refractivity contribution >= 4 is 24.1 Å². The van der Waals surface area contributed by atoms with Gasteiger partial charge in [0.25, 0.3) is 0 Å². The Kier molecular flexibility index (Phi) is 7.12. The van der Waals surface area contributed by atoms with Crippen molar-refractivity contribution in [3.63, 3.8) is 0 Å². The molecule has 3 aromatic rings. The zero-order chi connectivity index (χ0) is 17.5. The molecule has 2 aromatic carbocycles. The third-order valence-electron chi connectivity index (χ3n) is 3.57. The van der Waals surface area contributed by atoms with Crippen LogP contribution in [0.2, 0.25) is 0 Å². The van der Waals surface area contributed by atoms with Gasteiger partial charge in [0.2, 0.25) is 0 Å². The van der Waals surface area contributed by atoms with Gasteiger partial charge in [0.05, 0.1) is 0 Å². The highest BCUT2D eigenvalue weighted by atomic mass is 35.5. The summed E-state index contributed by atoms with van der Waals surface area (Å²) < 4.78 is 19.4. The topological polar surface area (TPSA) is 60.5 Å². The van der Waals surface area contributed by atoms with E-state index in [4.69, 9.17) is 10.5 Å². The average molecular weight is 372 g/mol. The average Bonchev–Trinajstić information content (AvgIpc) is 2.63. The minimum absolute atomic E-state index is 0. The molecule has 0 saturated carbocycles. The molecular weight excluding hydrogens is 353 g/mol. The number of halogens is 2. The highest BCUT2D eigenvalue weighted by molar-refractivity contribution is 5.85. The Labute approximate surface area is 158 Å².